The molecule has 194 valence electrons. The zero-order valence-corrected chi connectivity index (χ0v) is 21.2. The van der Waals surface area contributed by atoms with E-state index in [9.17, 15) is 18.0 Å². The maximum absolute atomic E-state index is 13.1. The molecule has 8 heteroatoms. The molecular weight excluding hydrogens is 491 g/mol. The third-order valence-electron chi connectivity index (χ3n) is 7.02. The number of alkyl halides is 3. The van der Waals surface area contributed by atoms with Gasteiger partial charge in [0.25, 0.3) is 0 Å². The molecule has 0 radical (unpaired) electrons. The van der Waals surface area contributed by atoms with E-state index in [1.54, 1.807) is 7.11 Å². The summed E-state index contributed by atoms with van der Waals surface area (Å²) in [6.45, 7) is 1.80. The lowest BCUT2D eigenvalue weighted by Crippen LogP contribution is -2.34. The van der Waals surface area contributed by atoms with Crippen molar-refractivity contribution < 1.29 is 27.4 Å². The van der Waals surface area contributed by atoms with Crippen LogP contribution in [0.25, 0.3) is 0 Å². The number of allylic oxidation sites excluding steroid dienone is 1. The summed E-state index contributed by atoms with van der Waals surface area (Å²) >= 11 is 5.68. The standard InChI is InChI=1S/C28H31ClF3NO3/c1-33-13-12-20-8-6-18(14-26(20)36-27-15-19(17-33)7-11-25(27)35-2)4-3-5-24(34)21-9-10-23(29)22(16-21)28(30,31)32/h6-11,15-16,18,20,26H,3-5,12-14,17H2,1-2H3. The number of hydrogen-bond acceptors (Lipinski definition) is 4. The number of hydrogen-bond donors (Lipinski definition) is 0. The molecule has 3 atom stereocenters. The number of carbonyl (C=O) groups excluding carboxylic acids is 1. The molecule has 2 aromatic carbocycles. The number of rotatable bonds is 6. The molecule has 4 rings (SSSR count). The lowest BCUT2D eigenvalue weighted by atomic mass is 9.81. The van der Waals surface area contributed by atoms with Crippen LogP contribution in [-0.4, -0.2) is 37.5 Å². The fraction of sp³-hybridized carbons (Fsp3) is 0.464. The SMILES string of the molecule is COc1ccc2cc1OC1CC(CCCC(=O)c3ccc(Cl)c(C(F)(F)F)c3)C=CC1CCN(C)C2. The van der Waals surface area contributed by atoms with E-state index >= 15 is 0 Å². The molecule has 1 aliphatic carbocycles. The molecule has 1 aliphatic heterocycles. The van der Waals surface area contributed by atoms with Crippen molar-refractivity contribution in [2.45, 2.75) is 50.9 Å². The van der Waals surface area contributed by atoms with Gasteiger partial charge in [-0.2, -0.15) is 13.2 Å². The highest BCUT2D eigenvalue weighted by atomic mass is 35.5. The minimum Gasteiger partial charge on any atom is -0.493 e. The van der Waals surface area contributed by atoms with Gasteiger partial charge in [0.15, 0.2) is 17.3 Å². The number of ether oxygens (including phenoxy) is 2. The molecule has 1 heterocycles. The molecule has 0 saturated heterocycles. The van der Waals surface area contributed by atoms with E-state index in [1.807, 2.05) is 12.1 Å². The van der Waals surface area contributed by atoms with Crippen LogP contribution in [0.5, 0.6) is 11.5 Å². The van der Waals surface area contributed by atoms with Gasteiger partial charge in [-0.3, -0.25) is 4.79 Å². The van der Waals surface area contributed by atoms with Crippen LogP contribution >= 0.6 is 11.6 Å². The third-order valence-corrected chi connectivity index (χ3v) is 7.35. The van der Waals surface area contributed by atoms with Gasteiger partial charge in [0.1, 0.15) is 6.10 Å². The fourth-order valence-corrected chi connectivity index (χ4v) is 5.25. The van der Waals surface area contributed by atoms with Crippen molar-refractivity contribution in [1.82, 2.24) is 4.90 Å². The monoisotopic (exact) mass is 521 g/mol. The molecule has 0 N–H and O–H groups in total. The van der Waals surface area contributed by atoms with Gasteiger partial charge in [-0.25, -0.2) is 0 Å². The van der Waals surface area contributed by atoms with Crippen LogP contribution in [0.3, 0.4) is 0 Å². The second-order valence-electron chi connectivity index (χ2n) is 9.72. The van der Waals surface area contributed by atoms with Gasteiger partial charge >= 0.3 is 6.18 Å². The average molecular weight is 522 g/mol. The van der Waals surface area contributed by atoms with E-state index in [0.717, 1.165) is 50.2 Å². The molecule has 0 fully saturated rings. The Balaban J connectivity index is 1.40. The van der Waals surface area contributed by atoms with Crippen LogP contribution < -0.4 is 9.47 Å². The lowest BCUT2D eigenvalue weighted by molar-refractivity contribution is -0.137. The Morgan fingerprint density at radius 2 is 2.00 bits per heavy atom. The summed E-state index contributed by atoms with van der Waals surface area (Å²) < 4.78 is 51.4. The molecule has 0 aromatic heterocycles. The van der Waals surface area contributed by atoms with E-state index in [4.69, 9.17) is 21.1 Å². The van der Waals surface area contributed by atoms with Crippen molar-refractivity contribution in [2.24, 2.45) is 11.8 Å². The lowest BCUT2D eigenvalue weighted by Gasteiger charge is -2.34. The number of carbonyl (C=O) groups is 1. The number of nitrogens with zero attached hydrogens (tertiary/aromatic N) is 1. The van der Waals surface area contributed by atoms with Gasteiger partial charge in [0, 0.05) is 24.4 Å². The van der Waals surface area contributed by atoms with Crippen LogP contribution in [0.4, 0.5) is 13.2 Å². The first kappa shape index (κ1) is 26.6. The van der Waals surface area contributed by atoms with Gasteiger partial charge in [-0.15, -0.1) is 0 Å². The highest BCUT2D eigenvalue weighted by Crippen LogP contribution is 2.38. The largest absolute Gasteiger partial charge is 0.493 e. The fourth-order valence-electron chi connectivity index (χ4n) is 5.03. The summed E-state index contributed by atoms with van der Waals surface area (Å²) in [6, 6.07) is 9.39. The topological polar surface area (TPSA) is 38.8 Å². The third kappa shape index (κ3) is 6.43. The molecule has 36 heavy (non-hydrogen) atoms. The predicted octanol–water partition coefficient (Wildman–Crippen LogP) is 7.20. The smallest absolute Gasteiger partial charge is 0.417 e. The van der Waals surface area contributed by atoms with Crippen molar-refractivity contribution in [3.63, 3.8) is 0 Å². The molecule has 0 amide bonds. The van der Waals surface area contributed by atoms with Crippen molar-refractivity contribution >= 4 is 17.4 Å². The van der Waals surface area contributed by atoms with Gasteiger partial charge in [-0.1, -0.05) is 29.8 Å². The Morgan fingerprint density at radius 3 is 2.75 bits per heavy atom. The Labute approximate surface area is 215 Å². The quantitative estimate of drug-likeness (QED) is 0.298. The molecule has 2 bridgehead atoms. The van der Waals surface area contributed by atoms with Crippen LogP contribution in [0, 0.1) is 11.8 Å². The summed E-state index contributed by atoms with van der Waals surface area (Å²) in [6.07, 6.45) is 3.13. The summed E-state index contributed by atoms with van der Waals surface area (Å²) in [5.41, 5.74) is 0.233. The first-order chi connectivity index (χ1) is 17.1. The first-order valence-corrected chi connectivity index (χ1v) is 12.6. The van der Waals surface area contributed by atoms with Gasteiger partial charge < -0.3 is 14.4 Å². The minimum atomic E-state index is -4.59. The summed E-state index contributed by atoms with van der Waals surface area (Å²) in [5.74, 6) is 1.64. The zero-order valence-electron chi connectivity index (χ0n) is 20.5. The van der Waals surface area contributed by atoms with Crippen LogP contribution in [0.15, 0.2) is 48.6 Å². The maximum Gasteiger partial charge on any atom is 0.417 e. The van der Waals surface area contributed by atoms with E-state index in [1.165, 1.54) is 11.6 Å². The second kappa shape index (κ2) is 11.3. The Hall–Kier alpha value is -2.51. The van der Waals surface area contributed by atoms with Crippen LogP contribution in [0.1, 0.15) is 53.6 Å². The molecule has 0 spiro atoms. The second-order valence-corrected chi connectivity index (χ2v) is 10.1. The van der Waals surface area contributed by atoms with Gasteiger partial charge in [0.2, 0.25) is 0 Å². The van der Waals surface area contributed by atoms with E-state index in [0.29, 0.717) is 12.2 Å². The van der Waals surface area contributed by atoms with E-state index < -0.39 is 16.8 Å². The van der Waals surface area contributed by atoms with Crippen molar-refractivity contribution in [3.05, 3.63) is 70.3 Å². The Morgan fingerprint density at radius 1 is 1.19 bits per heavy atom. The van der Waals surface area contributed by atoms with E-state index in [-0.39, 0.29) is 35.7 Å². The number of ketones is 1. The zero-order chi connectivity index (χ0) is 25.9. The summed E-state index contributed by atoms with van der Waals surface area (Å²) in [4.78, 5) is 14.9. The number of halogens is 4. The molecule has 2 aromatic rings. The maximum atomic E-state index is 13.1. The summed E-state index contributed by atoms with van der Waals surface area (Å²) in [7, 11) is 3.75. The predicted molar refractivity (Wildman–Crippen MR) is 134 cm³/mol. The number of methoxy groups -OCH3 is 1. The van der Waals surface area contributed by atoms with Gasteiger partial charge in [-0.05, 0) is 81.1 Å². The van der Waals surface area contributed by atoms with Crippen LogP contribution in [0.2, 0.25) is 5.02 Å². The Bertz CT molecular complexity index is 1120. The number of fused-ring (bicyclic) bond motifs is 3. The minimum absolute atomic E-state index is 0.0167. The first-order valence-electron chi connectivity index (χ1n) is 12.2. The van der Waals surface area contributed by atoms with Crippen molar-refractivity contribution in [3.8, 4) is 11.5 Å². The number of Topliss-reactive ketones (excluding diaryl/α,β-unsaturated/α-hetero) is 1. The average Bonchev–Trinajstić information content (AvgIpc) is 2.83. The molecule has 2 aliphatic rings. The normalized spacial score (nSPS) is 22.4. The highest BCUT2D eigenvalue weighted by molar-refractivity contribution is 6.31. The number of benzene rings is 2. The van der Waals surface area contributed by atoms with Gasteiger partial charge in [0.05, 0.1) is 17.7 Å². The van der Waals surface area contributed by atoms with Crippen LogP contribution in [-0.2, 0) is 12.7 Å². The highest BCUT2D eigenvalue weighted by Gasteiger charge is 2.34. The van der Waals surface area contributed by atoms with Crippen molar-refractivity contribution in [2.75, 3.05) is 20.7 Å². The Kier molecular flexibility index (Phi) is 8.30. The summed E-state index contributed by atoms with van der Waals surface area (Å²) in [5, 5.41) is -0.403. The molecular formula is C28H31ClF3NO3. The van der Waals surface area contributed by atoms with E-state index in [2.05, 4.69) is 30.2 Å². The molecule has 4 nitrogen and oxygen atoms in total. The molecule has 0 saturated carbocycles. The van der Waals surface area contributed by atoms with Crippen molar-refractivity contribution in [1.29, 1.82) is 0 Å². The molecule has 3 unspecified atom stereocenters.